The molecular formula is C23H26N4O5S2. The van der Waals surface area contributed by atoms with Crippen molar-refractivity contribution in [1.82, 2.24) is 4.98 Å². The molecule has 0 fully saturated rings. The zero-order valence-corrected chi connectivity index (χ0v) is 20.8. The third-order valence-electron chi connectivity index (χ3n) is 5.03. The van der Waals surface area contributed by atoms with Gasteiger partial charge in [0, 0.05) is 11.9 Å². The van der Waals surface area contributed by atoms with Crippen LogP contribution in [0.4, 0.5) is 17.2 Å². The molecule has 1 amide bonds. The summed E-state index contributed by atoms with van der Waals surface area (Å²) in [7, 11) is -7.64. The van der Waals surface area contributed by atoms with Crippen LogP contribution in [-0.2, 0) is 24.8 Å². The number of nitrogens with zero attached hydrogens (tertiary/aromatic N) is 2. The number of sulfonamides is 2. The van der Waals surface area contributed by atoms with Crippen LogP contribution in [0, 0.1) is 13.8 Å². The molecule has 0 radical (unpaired) electrons. The molecule has 2 N–H and O–H groups in total. The monoisotopic (exact) mass is 502 g/mol. The minimum Gasteiger partial charge on any atom is -0.324 e. The fourth-order valence-corrected chi connectivity index (χ4v) is 5.55. The number of carbonyl (C=O) groups excluding carboxylic acids is 1. The maximum Gasteiger partial charge on any atom is 0.263 e. The lowest BCUT2D eigenvalue weighted by Crippen LogP contribution is -2.45. The van der Waals surface area contributed by atoms with Crippen molar-refractivity contribution in [2.45, 2.75) is 31.7 Å². The summed E-state index contributed by atoms with van der Waals surface area (Å²) < 4.78 is 53.7. The van der Waals surface area contributed by atoms with E-state index in [1.165, 1.54) is 43.5 Å². The Morgan fingerprint density at radius 2 is 1.65 bits per heavy atom. The SMILES string of the molecule is Cc1ccc(C)c(N([C@H](C)C(=O)Nc2ccc(S(=O)(=O)Nc3ccccn3)cc2)S(C)(=O)=O)c1. The maximum absolute atomic E-state index is 12.9. The molecule has 1 atom stereocenters. The molecule has 0 aliphatic rings. The van der Waals surface area contributed by atoms with Gasteiger partial charge in [0.05, 0.1) is 16.8 Å². The van der Waals surface area contributed by atoms with Gasteiger partial charge in [-0.3, -0.25) is 13.8 Å². The number of anilines is 3. The highest BCUT2D eigenvalue weighted by molar-refractivity contribution is 7.92. The fraction of sp³-hybridized carbons (Fsp3) is 0.217. The van der Waals surface area contributed by atoms with Crippen LogP contribution >= 0.6 is 0 Å². The highest BCUT2D eigenvalue weighted by atomic mass is 32.2. The predicted molar refractivity (Wildman–Crippen MR) is 133 cm³/mol. The maximum atomic E-state index is 12.9. The van der Waals surface area contributed by atoms with Gasteiger partial charge in [-0.1, -0.05) is 18.2 Å². The molecule has 0 bridgehead atoms. The molecular weight excluding hydrogens is 476 g/mol. The predicted octanol–water partition coefficient (Wildman–Crippen LogP) is 3.29. The highest BCUT2D eigenvalue weighted by Crippen LogP contribution is 2.27. The molecule has 0 unspecified atom stereocenters. The van der Waals surface area contributed by atoms with E-state index in [0.717, 1.165) is 16.1 Å². The van der Waals surface area contributed by atoms with Gasteiger partial charge in [0.1, 0.15) is 11.9 Å². The summed E-state index contributed by atoms with van der Waals surface area (Å²) in [6.07, 6.45) is 2.52. The van der Waals surface area contributed by atoms with Crippen molar-refractivity contribution in [3.05, 3.63) is 78.0 Å². The van der Waals surface area contributed by atoms with E-state index < -0.39 is 32.0 Å². The number of carbonyl (C=O) groups is 1. The highest BCUT2D eigenvalue weighted by Gasteiger charge is 2.30. The van der Waals surface area contributed by atoms with Gasteiger partial charge >= 0.3 is 0 Å². The first-order valence-electron chi connectivity index (χ1n) is 10.3. The number of amides is 1. The molecule has 0 saturated heterocycles. The molecule has 9 nitrogen and oxygen atoms in total. The first-order chi connectivity index (χ1) is 15.9. The van der Waals surface area contributed by atoms with Crippen molar-refractivity contribution in [2.24, 2.45) is 0 Å². The number of aryl methyl sites for hydroxylation is 2. The van der Waals surface area contributed by atoms with E-state index in [0.29, 0.717) is 16.9 Å². The van der Waals surface area contributed by atoms with Gasteiger partial charge in [-0.2, -0.15) is 0 Å². The van der Waals surface area contributed by atoms with E-state index in [1.807, 2.05) is 13.0 Å². The summed E-state index contributed by atoms with van der Waals surface area (Å²) in [6.45, 7) is 5.11. The lowest BCUT2D eigenvalue weighted by atomic mass is 10.1. The molecule has 1 aromatic heterocycles. The van der Waals surface area contributed by atoms with E-state index in [-0.39, 0.29) is 10.7 Å². The number of rotatable bonds is 8. The molecule has 11 heteroatoms. The summed E-state index contributed by atoms with van der Waals surface area (Å²) in [4.78, 5) is 16.9. The minimum absolute atomic E-state index is 0.0163. The van der Waals surface area contributed by atoms with Gasteiger partial charge in [0.15, 0.2) is 0 Å². The van der Waals surface area contributed by atoms with Crippen molar-refractivity contribution in [1.29, 1.82) is 0 Å². The van der Waals surface area contributed by atoms with Crippen LogP contribution in [0.15, 0.2) is 71.8 Å². The van der Waals surface area contributed by atoms with Crippen molar-refractivity contribution >= 4 is 43.1 Å². The standard InChI is InChI=1S/C23H26N4O5S2/c1-16-8-9-17(2)21(15-16)27(33(4,29)30)18(3)23(28)25-19-10-12-20(13-11-19)34(31,32)26-22-7-5-6-14-24-22/h5-15,18H,1-4H3,(H,24,26)(H,25,28)/t18-/m1/s1. The Balaban J connectivity index is 1.79. The largest absolute Gasteiger partial charge is 0.324 e. The van der Waals surface area contributed by atoms with Crippen LogP contribution in [0.25, 0.3) is 0 Å². The normalized spacial score (nSPS) is 12.6. The molecule has 3 rings (SSSR count). The first-order valence-corrected chi connectivity index (χ1v) is 13.6. The Morgan fingerprint density at radius 3 is 2.24 bits per heavy atom. The molecule has 34 heavy (non-hydrogen) atoms. The van der Waals surface area contributed by atoms with Crippen molar-refractivity contribution in [3.63, 3.8) is 0 Å². The summed E-state index contributed by atoms with van der Waals surface area (Å²) in [5.74, 6) is -0.380. The van der Waals surface area contributed by atoms with Crippen LogP contribution in [0.5, 0.6) is 0 Å². The smallest absolute Gasteiger partial charge is 0.263 e. The van der Waals surface area contributed by atoms with E-state index >= 15 is 0 Å². The molecule has 2 aromatic carbocycles. The lowest BCUT2D eigenvalue weighted by molar-refractivity contribution is -0.116. The Kier molecular flexibility index (Phi) is 7.27. The number of pyridine rings is 1. The summed E-state index contributed by atoms with van der Waals surface area (Å²) in [5, 5.41) is 2.65. The Morgan fingerprint density at radius 1 is 0.971 bits per heavy atom. The first kappa shape index (κ1) is 25.2. The number of benzene rings is 2. The second-order valence-electron chi connectivity index (χ2n) is 7.86. The number of aromatic nitrogens is 1. The van der Waals surface area contributed by atoms with Crippen LogP contribution in [-0.4, -0.2) is 40.0 Å². The van der Waals surface area contributed by atoms with E-state index in [2.05, 4.69) is 15.0 Å². The van der Waals surface area contributed by atoms with Gasteiger partial charge in [-0.15, -0.1) is 0 Å². The second kappa shape index (κ2) is 9.82. The topological polar surface area (TPSA) is 126 Å². The molecule has 3 aromatic rings. The van der Waals surface area contributed by atoms with Gasteiger partial charge in [0.2, 0.25) is 15.9 Å². The molecule has 0 saturated carbocycles. The molecule has 1 heterocycles. The summed E-state index contributed by atoms with van der Waals surface area (Å²) >= 11 is 0. The van der Waals surface area contributed by atoms with Gasteiger partial charge in [-0.05, 0) is 74.4 Å². The Bertz CT molecular complexity index is 1390. The molecule has 0 aliphatic carbocycles. The Hall–Kier alpha value is -3.44. The Labute approximate surface area is 199 Å². The van der Waals surface area contributed by atoms with Crippen LogP contribution in [0.3, 0.4) is 0 Å². The number of nitrogens with one attached hydrogen (secondary N) is 2. The van der Waals surface area contributed by atoms with E-state index in [9.17, 15) is 21.6 Å². The second-order valence-corrected chi connectivity index (χ2v) is 11.4. The zero-order valence-electron chi connectivity index (χ0n) is 19.2. The number of hydrogen-bond acceptors (Lipinski definition) is 6. The molecule has 0 spiro atoms. The van der Waals surface area contributed by atoms with Crippen LogP contribution < -0.4 is 14.3 Å². The van der Waals surface area contributed by atoms with Crippen LogP contribution in [0.1, 0.15) is 18.1 Å². The van der Waals surface area contributed by atoms with E-state index in [4.69, 9.17) is 0 Å². The average molecular weight is 503 g/mol. The quantitative estimate of drug-likeness (QED) is 0.487. The third kappa shape index (κ3) is 5.91. The summed E-state index contributed by atoms with van der Waals surface area (Å²) in [6, 6.07) is 14.7. The fourth-order valence-electron chi connectivity index (χ4n) is 3.32. The van der Waals surface area contributed by atoms with E-state index in [1.54, 1.807) is 31.2 Å². The molecule has 180 valence electrons. The minimum atomic E-state index is -3.87. The zero-order chi connectivity index (χ0) is 25.1. The molecule has 0 aliphatic heterocycles. The van der Waals surface area contributed by atoms with Crippen molar-refractivity contribution < 1.29 is 21.6 Å². The van der Waals surface area contributed by atoms with Gasteiger partial charge in [0.25, 0.3) is 10.0 Å². The summed E-state index contributed by atoms with van der Waals surface area (Å²) in [5.41, 5.74) is 2.32. The van der Waals surface area contributed by atoms with Crippen LogP contribution in [0.2, 0.25) is 0 Å². The van der Waals surface area contributed by atoms with Gasteiger partial charge in [-0.25, -0.2) is 21.8 Å². The van der Waals surface area contributed by atoms with Crippen molar-refractivity contribution in [3.8, 4) is 0 Å². The van der Waals surface area contributed by atoms with Crippen molar-refractivity contribution in [2.75, 3.05) is 20.6 Å². The lowest BCUT2D eigenvalue weighted by Gasteiger charge is -2.29. The third-order valence-corrected chi connectivity index (χ3v) is 7.62. The number of hydrogen-bond donors (Lipinski definition) is 2. The van der Waals surface area contributed by atoms with Gasteiger partial charge < -0.3 is 5.32 Å². The average Bonchev–Trinajstić information content (AvgIpc) is 2.76.